The monoisotopic (exact) mass is 242 g/mol. The molecule has 1 aromatic rings. The minimum absolute atomic E-state index is 0.514. The van der Waals surface area contributed by atoms with Gasteiger partial charge in [-0.2, -0.15) is 16.9 Å². The zero-order chi connectivity index (χ0) is 12.0. The highest BCUT2D eigenvalue weighted by atomic mass is 32.2. The maximum absolute atomic E-state index is 4.18. The van der Waals surface area contributed by atoms with Crippen LogP contribution in [0.1, 0.15) is 26.6 Å². The second-order valence-corrected chi connectivity index (χ2v) is 5.59. The van der Waals surface area contributed by atoms with E-state index in [4.69, 9.17) is 0 Å². The predicted molar refractivity (Wildman–Crippen MR) is 69.5 cm³/mol. The molecule has 16 heavy (non-hydrogen) atoms. The van der Waals surface area contributed by atoms with Crippen molar-refractivity contribution in [3.8, 4) is 0 Å². The van der Waals surface area contributed by atoms with Crippen molar-refractivity contribution < 1.29 is 0 Å². The van der Waals surface area contributed by atoms with Crippen molar-refractivity contribution in [2.75, 3.05) is 11.5 Å². The number of thioether (sulfide) groups is 1. The fourth-order valence-electron chi connectivity index (χ4n) is 1.29. The number of aryl methyl sites for hydroxylation is 1. The Kier molecular flexibility index (Phi) is 5.84. The van der Waals surface area contributed by atoms with Crippen molar-refractivity contribution in [1.29, 1.82) is 0 Å². The predicted octanol–water partition coefficient (Wildman–Crippen LogP) is 1.68. The lowest BCUT2D eigenvalue weighted by Gasteiger charge is -2.13. The molecule has 0 bridgehead atoms. The average molecular weight is 242 g/mol. The Bertz CT molecular complexity index is 298. The molecule has 0 fully saturated rings. The number of nitrogens with one attached hydrogen (secondary N) is 1. The zero-order valence-corrected chi connectivity index (χ0v) is 11.4. The van der Waals surface area contributed by atoms with Crippen LogP contribution in [0.25, 0.3) is 0 Å². The highest BCUT2D eigenvalue weighted by molar-refractivity contribution is 7.99. The van der Waals surface area contributed by atoms with Crippen LogP contribution in [0.3, 0.4) is 0 Å². The molecule has 5 heteroatoms. The van der Waals surface area contributed by atoms with E-state index in [1.807, 2.05) is 18.8 Å². The van der Waals surface area contributed by atoms with E-state index in [1.54, 1.807) is 11.0 Å². The van der Waals surface area contributed by atoms with E-state index < -0.39 is 0 Å². The Morgan fingerprint density at radius 3 is 2.69 bits per heavy atom. The molecule has 0 amide bonds. The van der Waals surface area contributed by atoms with Gasteiger partial charge in [0.15, 0.2) is 0 Å². The van der Waals surface area contributed by atoms with Crippen molar-refractivity contribution in [2.45, 2.75) is 33.4 Å². The van der Waals surface area contributed by atoms with E-state index in [0.717, 1.165) is 24.0 Å². The summed E-state index contributed by atoms with van der Waals surface area (Å²) in [5.41, 5.74) is 0. The number of hydrogen-bond donors (Lipinski definition) is 1. The number of rotatable bonds is 7. The standard InChI is InChI=1S/C11H22N4S/c1-9(2)6-16-7-10(3)12-5-11-13-8-14-15(11)4/h8-10,12H,5-7H2,1-4H3. The van der Waals surface area contributed by atoms with Crippen LogP contribution in [0, 0.1) is 5.92 Å². The van der Waals surface area contributed by atoms with Gasteiger partial charge in [0.05, 0.1) is 6.54 Å². The molecule has 92 valence electrons. The lowest BCUT2D eigenvalue weighted by Crippen LogP contribution is -2.29. The molecule has 1 heterocycles. The van der Waals surface area contributed by atoms with E-state index in [-0.39, 0.29) is 0 Å². The SMILES string of the molecule is CC(C)CSCC(C)NCc1ncnn1C. The Morgan fingerprint density at radius 1 is 1.38 bits per heavy atom. The summed E-state index contributed by atoms with van der Waals surface area (Å²) in [6.45, 7) is 7.51. The number of hydrogen-bond acceptors (Lipinski definition) is 4. The lowest BCUT2D eigenvalue weighted by atomic mass is 10.3. The third-order valence-electron chi connectivity index (χ3n) is 2.23. The number of nitrogens with zero attached hydrogens (tertiary/aromatic N) is 3. The maximum atomic E-state index is 4.18. The Morgan fingerprint density at radius 2 is 2.12 bits per heavy atom. The summed E-state index contributed by atoms with van der Waals surface area (Å²) in [6, 6.07) is 0.514. The van der Waals surface area contributed by atoms with E-state index >= 15 is 0 Å². The van der Waals surface area contributed by atoms with Gasteiger partial charge in [0.25, 0.3) is 0 Å². The van der Waals surface area contributed by atoms with Crippen LogP contribution in [0.2, 0.25) is 0 Å². The van der Waals surface area contributed by atoms with Gasteiger partial charge in [-0.3, -0.25) is 4.68 Å². The molecule has 1 N–H and O–H groups in total. The smallest absolute Gasteiger partial charge is 0.140 e. The highest BCUT2D eigenvalue weighted by Crippen LogP contribution is 2.08. The summed E-state index contributed by atoms with van der Waals surface area (Å²) in [7, 11) is 1.92. The first kappa shape index (κ1) is 13.5. The van der Waals surface area contributed by atoms with Gasteiger partial charge in [-0.05, 0) is 18.6 Å². The van der Waals surface area contributed by atoms with Gasteiger partial charge in [-0.25, -0.2) is 4.98 Å². The van der Waals surface area contributed by atoms with Gasteiger partial charge in [-0.1, -0.05) is 13.8 Å². The van der Waals surface area contributed by atoms with E-state index in [2.05, 4.69) is 36.2 Å². The third kappa shape index (κ3) is 4.99. The molecule has 0 saturated carbocycles. The van der Waals surface area contributed by atoms with Crippen LogP contribution < -0.4 is 5.32 Å². The van der Waals surface area contributed by atoms with Crippen LogP contribution in [-0.2, 0) is 13.6 Å². The van der Waals surface area contributed by atoms with Gasteiger partial charge in [0.1, 0.15) is 12.2 Å². The van der Waals surface area contributed by atoms with Gasteiger partial charge < -0.3 is 5.32 Å². The first-order valence-corrected chi connectivity index (χ1v) is 6.89. The Hall–Kier alpha value is -0.550. The molecule has 1 rings (SSSR count). The highest BCUT2D eigenvalue weighted by Gasteiger charge is 2.05. The second kappa shape index (κ2) is 6.91. The zero-order valence-electron chi connectivity index (χ0n) is 10.6. The van der Waals surface area contributed by atoms with Crippen molar-refractivity contribution in [1.82, 2.24) is 20.1 Å². The molecule has 0 aliphatic rings. The molecular formula is C11H22N4S. The molecule has 0 saturated heterocycles. The minimum Gasteiger partial charge on any atom is -0.307 e. The van der Waals surface area contributed by atoms with Crippen LogP contribution in [0.4, 0.5) is 0 Å². The van der Waals surface area contributed by atoms with Crippen molar-refractivity contribution in [3.05, 3.63) is 12.2 Å². The summed E-state index contributed by atoms with van der Waals surface area (Å²) < 4.78 is 1.81. The topological polar surface area (TPSA) is 42.7 Å². The van der Waals surface area contributed by atoms with Crippen LogP contribution in [0.15, 0.2) is 6.33 Å². The molecule has 1 atom stereocenters. The van der Waals surface area contributed by atoms with Gasteiger partial charge >= 0.3 is 0 Å². The van der Waals surface area contributed by atoms with E-state index in [0.29, 0.717) is 6.04 Å². The normalized spacial score (nSPS) is 13.3. The second-order valence-electron chi connectivity index (χ2n) is 4.51. The van der Waals surface area contributed by atoms with Crippen molar-refractivity contribution in [3.63, 3.8) is 0 Å². The fourth-order valence-corrected chi connectivity index (χ4v) is 2.36. The van der Waals surface area contributed by atoms with Crippen molar-refractivity contribution in [2.24, 2.45) is 13.0 Å². The quantitative estimate of drug-likeness (QED) is 0.790. The van der Waals surface area contributed by atoms with Gasteiger partial charge in [0, 0.05) is 18.8 Å². The molecule has 0 aromatic carbocycles. The average Bonchev–Trinajstić information content (AvgIpc) is 2.60. The number of aromatic nitrogens is 3. The molecule has 1 unspecified atom stereocenters. The van der Waals surface area contributed by atoms with Gasteiger partial charge in [-0.15, -0.1) is 0 Å². The molecule has 4 nitrogen and oxygen atoms in total. The van der Waals surface area contributed by atoms with Crippen LogP contribution in [0.5, 0.6) is 0 Å². The molecular weight excluding hydrogens is 220 g/mol. The summed E-state index contributed by atoms with van der Waals surface area (Å²) in [4.78, 5) is 4.18. The largest absolute Gasteiger partial charge is 0.307 e. The molecule has 0 spiro atoms. The Labute approximate surface area is 102 Å². The molecule has 1 aromatic heterocycles. The van der Waals surface area contributed by atoms with E-state index in [1.165, 1.54) is 5.75 Å². The fraction of sp³-hybridized carbons (Fsp3) is 0.818. The molecule has 0 aliphatic carbocycles. The van der Waals surface area contributed by atoms with Crippen LogP contribution in [-0.4, -0.2) is 32.3 Å². The first-order chi connectivity index (χ1) is 7.59. The van der Waals surface area contributed by atoms with Gasteiger partial charge in [0.2, 0.25) is 0 Å². The summed E-state index contributed by atoms with van der Waals surface area (Å²) in [5, 5.41) is 7.50. The Balaban J connectivity index is 2.15. The summed E-state index contributed by atoms with van der Waals surface area (Å²) >= 11 is 2.01. The third-order valence-corrected chi connectivity index (χ3v) is 3.87. The molecule has 0 radical (unpaired) electrons. The minimum atomic E-state index is 0.514. The molecule has 0 aliphatic heterocycles. The summed E-state index contributed by atoms with van der Waals surface area (Å²) in [5.74, 6) is 4.14. The summed E-state index contributed by atoms with van der Waals surface area (Å²) in [6.07, 6.45) is 1.59. The first-order valence-electron chi connectivity index (χ1n) is 5.73. The van der Waals surface area contributed by atoms with Crippen LogP contribution >= 0.6 is 11.8 Å². The maximum Gasteiger partial charge on any atom is 0.140 e. The lowest BCUT2D eigenvalue weighted by molar-refractivity contribution is 0.556. The van der Waals surface area contributed by atoms with Crippen molar-refractivity contribution >= 4 is 11.8 Å². The van der Waals surface area contributed by atoms with E-state index in [9.17, 15) is 0 Å².